The van der Waals surface area contributed by atoms with E-state index in [2.05, 4.69) is 17.1 Å². The fraction of sp³-hybridized carbons (Fsp3) is 0.600. The standard InChI is InChI=1S/C15H19F3N2/c1-10-8-19-14(11-2-3-11)9-20(10)13-6-4-12(5-7-13)15(16,17)18/h4-7,10-11,14,19H,2-3,8-9H2,1H3. The van der Waals surface area contributed by atoms with E-state index in [9.17, 15) is 13.2 Å². The summed E-state index contributed by atoms with van der Waals surface area (Å²) in [6, 6.07) is 6.32. The van der Waals surface area contributed by atoms with Gasteiger partial charge in [0.15, 0.2) is 0 Å². The summed E-state index contributed by atoms with van der Waals surface area (Å²) in [4.78, 5) is 2.22. The van der Waals surface area contributed by atoms with Crippen LogP contribution >= 0.6 is 0 Å². The van der Waals surface area contributed by atoms with Gasteiger partial charge in [-0.05, 0) is 49.9 Å². The van der Waals surface area contributed by atoms with Crippen molar-refractivity contribution in [1.82, 2.24) is 5.32 Å². The van der Waals surface area contributed by atoms with E-state index >= 15 is 0 Å². The first kappa shape index (κ1) is 13.7. The number of alkyl halides is 3. The van der Waals surface area contributed by atoms with Crippen LogP contribution in [0.1, 0.15) is 25.3 Å². The molecule has 1 aromatic carbocycles. The Morgan fingerprint density at radius 3 is 2.35 bits per heavy atom. The molecule has 2 unspecified atom stereocenters. The van der Waals surface area contributed by atoms with Crippen LogP contribution in [-0.2, 0) is 6.18 Å². The highest BCUT2D eigenvalue weighted by molar-refractivity contribution is 5.49. The number of piperazine rings is 1. The lowest BCUT2D eigenvalue weighted by Crippen LogP contribution is -2.56. The second-order valence-corrected chi connectivity index (χ2v) is 5.90. The Morgan fingerprint density at radius 2 is 1.80 bits per heavy atom. The van der Waals surface area contributed by atoms with Gasteiger partial charge in [-0.25, -0.2) is 0 Å². The zero-order valence-electron chi connectivity index (χ0n) is 11.5. The van der Waals surface area contributed by atoms with Crippen molar-refractivity contribution in [3.05, 3.63) is 29.8 Å². The Morgan fingerprint density at radius 1 is 1.15 bits per heavy atom. The summed E-state index contributed by atoms with van der Waals surface area (Å²) in [5.41, 5.74) is 0.306. The molecule has 2 fully saturated rings. The smallest absolute Gasteiger partial charge is 0.366 e. The van der Waals surface area contributed by atoms with Gasteiger partial charge in [0.2, 0.25) is 0 Å². The first-order valence-electron chi connectivity index (χ1n) is 7.12. The second-order valence-electron chi connectivity index (χ2n) is 5.90. The first-order valence-corrected chi connectivity index (χ1v) is 7.12. The van der Waals surface area contributed by atoms with Crippen LogP contribution in [0.25, 0.3) is 0 Å². The van der Waals surface area contributed by atoms with Crippen molar-refractivity contribution in [1.29, 1.82) is 0 Å². The van der Waals surface area contributed by atoms with E-state index in [-0.39, 0.29) is 0 Å². The molecule has 3 rings (SSSR count). The van der Waals surface area contributed by atoms with Crippen molar-refractivity contribution in [2.24, 2.45) is 5.92 Å². The van der Waals surface area contributed by atoms with E-state index in [0.717, 1.165) is 24.7 Å². The van der Waals surface area contributed by atoms with Crippen LogP contribution in [0.3, 0.4) is 0 Å². The van der Waals surface area contributed by atoms with Gasteiger partial charge >= 0.3 is 6.18 Å². The molecule has 1 aliphatic carbocycles. The summed E-state index contributed by atoms with van der Waals surface area (Å²) >= 11 is 0. The van der Waals surface area contributed by atoms with E-state index in [0.29, 0.717) is 12.1 Å². The third kappa shape index (κ3) is 2.77. The maximum Gasteiger partial charge on any atom is 0.416 e. The zero-order chi connectivity index (χ0) is 14.3. The molecule has 1 saturated heterocycles. The molecule has 1 aromatic rings. The van der Waals surface area contributed by atoms with Crippen LogP contribution in [0, 0.1) is 5.92 Å². The summed E-state index contributed by atoms with van der Waals surface area (Å²) in [5, 5.41) is 3.54. The predicted octanol–water partition coefficient (Wildman–Crippen LogP) is 3.28. The molecular weight excluding hydrogens is 265 g/mol. The van der Waals surface area contributed by atoms with Crippen LogP contribution in [0.2, 0.25) is 0 Å². The lowest BCUT2D eigenvalue weighted by Gasteiger charge is -2.40. The molecule has 0 amide bonds. The van der Waals surface area contributed by atoms with Gasteiger partial charge in [0.1, 0.15) is 0 Å². The van der Waals surface area contributed by atoms with E-state index in [1.165, 1.54) is 25.0 Å². The van der Waals surface area contributed by atoms with Crippen molar-refractivity contribution in [2.75, 3.05) is 18.0 Å². The number of nitrogens with one attached hydrogen (secondary N) is 1. The molecule has 2 aliphatic rings. The fourth-order valence-corrected chi connectivity index (χ4v) is 2.90. The maximum atomic E-state index is 12.6. The van der Waals surface area contributed by atoms with Gasteiger partial charge in [-0.3, -0.25) is 0 Å². The highest BCUT2D eigenvalue weighted by atomic mass is 19.4. The van der Waals surface area contributed by atoms with Gasteiger partial charge in [-0.1, -0.05) is 0 Å². The molecule has 0 bridgehead atoms. The van der Waals surface area contributed by atoms with Gasteiger partial charge in [0.05, 0.1) is 5.56 Å². The molecule has 1 aliphatic heterocycles. The number of rotatable bonds is 2. The van der Waals surface area contributed by atoms with Gasteiger partial charge in [-0.15, -0.1) is 0 Å². The van der Waals surface area contributed by atoms with Crippen molar-refractivity contribution in [3.8, 4) is 0 Å². The van der Waals surface area contributed by atoms with Gasteiger partial charge in [0.25, 0.3) is 0 Å². The van der Waals surface area contributed by atoms with Crippen LogP contribution in [0.4, 0.5) is 18.9 Å². The third-order valence-electron chi connectivity index (χ3n) is 4.32. The molecule has 1 heterocycles. The maximum absolute atomic E-state index is 12.6. The molecule has 110 valence electrons. The monoisotopic (exact) mass is 284 g/mol. The van der Waals surface area contributed by atoms with Crippen LogP contribution in [0.15, 0.2) is 24.3 Å². The topological polar surface area (TPSA) is 15.3 Å². The Bertz CT molecular complexity index is 465. The fourth-order valence-electron chi connectivity index (χ4n) is 2.90. The molecule has 0 radical (unpaired) electrons. The molecule has 2 atom stereocenters. The van der Waals surface area contributed by atoms with Crippen molar-refractivity contribution >= 4 is 5.69 Å². The quantitative estimate of drug-likeness (QED) is 0.896. The van der Waals surface area contributed by atoms with Crippen LogP contribution in [0.5, 0.6) is 0 Å². The van der Waals surface area contributed by atoms with E-state index in [1.807, 2.05) is 0 Å². The third-order valence-corrected chi connectivity index (χ3v) is 4.32. The lowest BCUT2D eigenvalue weighted by molar-refractivity contribution is -0.137. The van der Waals surface area contributed by atoms with Crippen LogP contribution < -0.4 is 10.2 Å². The summed E-state index contributed by atoms with van der Waals surface area (Å²) < 4.78 is 37.8. The Labute approximate surface area is 117 Å². The minimum atomic E-state index is -4.26. The largest absolute Gasteiger partial charge is 0.416 e. The van der Waals surface area contributed by atoms with Gasteiger partial charge in [-0.2, -0.15) is 13.2 Å². The second kappa shape index (κ2) is 4.95. The first-order chi connectivity index (χ1) is 9.45. The molecular formula is C15H19F3N2. The van der Waals surface area contributed by atoms with Crippen molar-refractivity contribution in [2.45, 2.75) is 38.0 Å². The Kier molecular flexibility index (Phi) is 3.40. The molecule has 0 spiro atoms. The predicted molar refractivity (Wildman–Crippen MR) is 72.8 cm³/mol. The average molecular weight is 284 g/mol. The lowest BCUT2D eigenvalue weighted by atomic mass is 10.0. The molecule has 20 heavy (non-hydrogen) atoms. The van der Waals surface area contributed by atoms with Gasteiger partial charge < -0.3 is 10.2 Å². The molecule has 0 aromatic heterocycles. The molecule has 1 saturated carbocycles. The minimum absolute atomic E-state index is 0.307. The van der Waals surface area contributed by atoms with E-state index < -0.39 is 11.7 Å². The average Bonchev–Trinajstić information content (AvgIpc) is 3.23. The number of halogens is 3. The highest BCUT2D eigenvalue weighted by Gasteiger charge is 2.36. The van der Waals surface area contributed by atoms with Gasteiger partial charge in [0, 0.05) is 30.9 Å². The van der Waals surface area contributed by atoms with Crippen molar-refractivity contribution < 1.29 is 13.2 Å². The Hall–Kier alpha value is -1.23. The van der Waals surface area contributed by atoms with Crippen molar-refractivity contribution in [3.63, 3.8) is 0 Å². The summed E-state index contributed by atoms with van der Waals surface area (Å²) in [5.74, 6) is 0.749. The molecule has 2 nitrogen and oxygen atoms in total. The SMILES string of the molecule is CC1CNC(C2CC2)CN1c1ccc(C(F)(F)F)cc1. The number of anilines is 1. The van der Waals surface area contributed by atoms with E-state index in [4.69, 9.17) is 0 Å². The number of hydrogen-bond donors (Lipinski definition) is 1. The number of benzene rings is 1. The van der Waals surface area contributed by atoms with Crippen LogP contribution in [-0.4, -0.2) is 25.2 Å². The molecule has 5 heteroatoms. The van der Waals surface area contributed by atoms with E-state index in [1.54, 1.807) is 12.1 Å². The number of hydrogen-bond acceptors (Lipinski definition) is 2. The summed E-state index contributed by atoms with van der Waals surface area (Å²) in [7, 11) is 0. The molecule has 1 N–H and O–H groups in total. The summed E-state index contributed by atoms with van der Waals surface area (Å²) in [6.07, 6.45) is -1.72. The number of nitrogens with zero attached hydrogens (tertiary/aromatic N) is 1. The summed E-state index contributed by atoms with van der Waals surface area (Å²) in [6.45, 7) is 3.88. The normalized spacial score (nSPS) is 27.7. The highest BCUT2D eigenvalue weighted by Crippen LogP contribution is 2.36. The Balaban J connectivity index is 1.76. The zero-order valence-corrected chi connectivity index (χ0v) is 11.5. The minimum Gasteiger partial charge on any atom is -0.366 e.